The molecule has 1 amide bonds. The molecule has 0 unspecified atom stereocenters. The molecular weight excluding hydrogens is 935 g/mol. The van der Waals surface area contributed by atoms with E-state index in [1.54, 1.807) is 34.1 Å². The van der Waals surface area contributed by atoms with Gasteiger partial charge in [0, 0.05) is 58.5 Å². The summed E-state index contributed by atoms with van der Waals surface area (Å²) >= 11 is 0. The molecule has 1 saturated carbocycles. The van der Waals surface area contributed by atoms with Gasteiger partial charge in [0.1, 0.15) is 24.4 Å². The number of ketones is 2. The van der Waals surface area contributed by atoms with Gasteiger partial charge in [-0.1, -0.05) is 91.8 Å². The number of carbonyl (C=O) groups excluding carboxylic acids is 4. The van der Waals surface area contributed by atoms with Gasteiger partial charge >= 0.3 is 5.97 Å². The second-order valence-corrected chi connectivity index (χ2v) is 28.4. The number of hydrogen-bond donors (Lipinski definition) is 3. The summed E-state index contributed by atoms with van der Waals surface area (Å²) in [5.41, 5.74) is 1.35. The van der Waals surface area contributed by atoms with E-state index in [1.165, 1.54) is 12.0 Å². The van der Waals surface area contributed by atoms with Crippen molar-refractivity contribution in [2.24, 2.45) is 35.5 Å². The maximum absolute atomic E-state index is 14.6. The smallest absolute Gasteiger partial charge is 0.329 e. The molecule has 1 aliphatic carbocycles. The molecule has 3 fully saturated rings. The monoisotopic (exact) mass is 1030 g/mol. The van der Waals surface area contributed by atoms with Crippen LogP contribution in [-0.2, 0) is 47.3 Å². The summed E-state index contributed by atoms with van der Waals surface area (Å²) in [6, 6.07) is -1.10. The number of hydrogen-bond acceptors (Lipinski definition) is 13. The van der Waals surface area contributed by atoms with Crippen LogP contribution in [0.1, 0.15) is 146 Å². The number of esters is 1. The van der Waals surface area contributed by atoms with Crippen molar-refractivity contribution in [2.75, 3.05) is 27.9 Å². The summed E-state index contributed by atoms with van der Waals surface area (Å²) in [5.74, 6) is -7.10. The van der Waals surface area contributed by atoms with Gasteiger partial charge in [0.2, 0.25) is 5.79 Å². The molecule has 0 aromatic rings. The number of fused-ring (bicyclic) bond motifs is 3. The highest BCUT2D eigenvalue weighted by atomic mass is 28.4. The zero-order chi connectivity index (χ0) is 53.9. The van der Waals surface area contributed by atoms with E-state index in [2.05, 4.69) is 33.9 Å². The average molecular weight is 1030 g/mol. The Hall–Kier alpha value is -2.86. The van der Waals surface area contributed by atoms with Crippen LogP contribution in [0.2, 0.25) is 18.1 Å². The molecule has 3 aliphatic heterocycles. The Bertz CT molecular complexity index is 1920. The van der Waals surface area contributed by atoms with E-state index in [0.29, 0.717) is 50.5 Å². The number of ether oxygens (including phenoxy) is 5. The Morgan fingerprint density at radius 3 is 2.17 bits per heavy atom. The van der Waals surface area contributed by atoms with Crippen LogP contribution in [0.4, 0.5) is 0 Å². The van der Waals surface area contributed by atoms with E-state index in [1.807, 2.05) is 65.0 Å². The number of allylic oxidation sites excluding steroid dienone is 5. The molecule has 2 bridgehead atoms. The van der Waals surface area contributed by atoms with E-state index in [-0.39, 0.29) is 60.2 Å². The number of methoxy groups -OCH3 is 3. The third-order valence-corrected chi connectivity index (χ3v) is 21.4. The van der Waals surface area contributed by atoms with Gasteiger partial charge in [-0.3, -0.25) is 14.4 Å². The van der Waals surface area contributed by atoms with Gasteiger partial charge in [0.05, 0.1) is 30.5 Å². The van der Waals surface area contributed by atoms with Gasteiger partial charge in [0.25, 0.3) is 11.7 Å². The zero-order valence-electron chi connectivity index (χ0n) is 46.7. The minimum absolute atomic E-state index is 0.0322. The number of cyclic esters (lactones) is 1. The number of aliphatic hydroxyl groups is 3. The van der Waals surface area contributed by atoms with Crippen molar-refractivity contribution in [3.63, 3.8) is 0 Å². The molecule has 2 saturated heterocycles. The molecule has 4 rings (SSSR count). The number of amides is 1. The Kier molecular flexibility index (Phi) is 23.4. The lowest BCUT2D eigenvalue weighted by Crippen LogP contribution is -2.61. The summed E-state index contributed by atoms with van der Waals surface area (Å²) in [4.78, 5) is 58.4. The first-order valence-corrected chi connectivity index (χ1v) is 29.9. The third-order valence-electron chi connectivity index (χ3n) is 16.9. The van der Waals surface area contributed by atoms with E-state index in [9.17, 15) is 34.5 Å². The molecular formula is C57H95NO13Si. The molecule has 4 aliphatic rings. The van der Waals surface area contributed by atoms with Crippen LogP contribution < -0.4 is 0 Å². The van der Waals surface area contributed by atoms with Crippen LogP contribution in [0.25, 0.3) is 0 Å². The van der Waals surface area contributed by atoms with Crippen LogP contribution in [0.15, 0.2) is 47.6 Å². The van der Waals surface area contributed by atoms with E-state index in [4.69, 9.17) is 28.1 Å². The lowest BCUT2D eigenvalue weighted by atomic mass is 9.78. The van der Waals surface area contributed by atoms with Gasteiger partial charge in [-0.15, -0.1) is 0 Å². The fourth-order valence-corrected chi connectivity index (χ4v) is 12.3. The fraction of sp³-hybridized carbons (Fsp3) is 0.789. The predicted octanol–water partition coefficient (Wildman–Crippen LogP) is 9.00. The molecule has 0 radical (unpaired) electrons. The highest BCUT2D eigenvalue weighted by Gasteiger charge is 2.53. The van der Waals surface area contributed by atoms with E-state index in [0.717, 1.165) is 24.8 Å². The van der Waals surface area contributed by atoms with Crippen LogP contribution in [0.3, 0.4) is 0 Å². The first-order valence-electron chi connectivity index (χ1n) is 27.0. The van der Waals surface area contributed by atoms with Crippen LogP contribution in [-0.4, -0.2) is 141 Å². The molecule has 3 heterocycles. The molecule has 410 valence electrons. The standard InChI is InChI=1S/C57H95NO13Si/c1-35-21-17-16-18-22-36(2)47(66-11)33-43-26-24-41(7)57(65,70-43)53(62)54(63)58-28-20-19-23-44(58)55(64)69-48(34-45(59)37(3)30-40(6)51(61)52(68-13)50(60)39(5)29-35)38(4)31-42-25-27-46(49(32-42)67-12)71-72(14,15)56(8,9)10/h16-18,21-22,30,35,37-39,41-49,51-52,59,61,65H,19-20,23-29,31-34H2,1-15H3/b18-16+,21-17+,36-22+,40-30+/t35-,37-,38-,39-,41-,42+,43+,44+,45-,46-,47+,48+,49-,51-,52+,57-/m1/s1. The molecule has 72 heavy (non-hydrogen) atoms. The summed E-state index contributed by atoms with van der Waals surface area (Å²) in [5, 5.41) is 35.6. The first kappa shape index (κ1) is 61.7. The number of piperidine rings is 1. The minimum atomic E-state index is -2.42. The fourth-order valence-electron chi connectivity index (χ4n) is 10.9. The van der Waals surface area contributed by atoms with Gasteiger partial charge in [-0.25, -0.2) is 4.79 Å². The van der Waals surface area contributed by atoms with Crippen molar-refractivity contribution >= 4 is 31.8 Å². The number of Topliss-reactive ketones (excluding diaryl/α,β-unsaturated/α-hetero) is 2. The van der Waals surface area contributed by atoms with Crippen molar-refractivity contribution in [2.45, 2.75) is 225 Å². The van der Waals surface area contributed by atoms with Crippen molar-refractivity contribution in [1.29, 1.82) is 0 Å². The average Bonchev–Trinajstić information content (AvgIpc) is 3.32. The molecule has 0 spiro atoms. The van der Waals surface area contributed by atoms with Crippen LogP contribution in [0, 0.1) is 35.5 Å². The molecule has 16 atom stereocenters. The predicted molar refractivity (Wildman–Crippen MR) is 282 cm³/mol. The van der Waals surface area contributed by atoms with Crippen LogP contribution in [0.5, 0.6) is 0 Å². The highest BCUT2D eigenvalue weighted by molar-refractivity contribution is 6.74. The van der Waals surface area contributed by atoms with E-state index < -0.39 is 92.2 Å². The number of aliphatic hydroxyl groups excluding tert-OH is 2. The second kappa shape index (κ2) is 27.3. The van der Waals surface area contributed by atoms with Gasteiger partial charge in [-0.05, 0) is 125 Å². The summed E-state index contributed by atoms with van der Waals surface area (Å²) in [6.45, 7) is 24.3. The Morgan fingerprint density at radius 2 is 1.53 bits per heavy atom. The lowest BCUT2D eigenvalue weighted by Gasteiger charge is -2.44. The molecule has 3 N–H and O–H groups in total. The van der Waals surface area contributed by atoms with Crippen molar-refractivity contribution < 1.29 is 62.6 Å². The number of carbonyl (C=O) groups is 4. The van der Waals surface area contributed by atoms with Crippen molar-refractivity contribution in [3.05, 3.63) is 47.6 Å². The van der Waals surface area contributed by atoms with Gasteiger partial charge < -0.3 is 48.3 Å². The lowest BCUT2D eigenvalue weighted by molar-refractivity contribution is -0.265. The van der Waals surface area contributed by atoms with E-state index >= 15 is 0 Å². The van der Waals surface area contributed by atoms with Crippen molar-refractivity contribution in [1.82, 2.24) is 4.90 Å². The molecule has 0 aromatic carbocycles. The van der Waals surface area contributed by atoms with Crippen molar-refractivity contribution in [3.8, 4) is 0 Å². The normalized spacial score (nSPS) is 39.2. The Morgan fingerprint density at radius 1 is 0.833 bits per heavy atom. The number of rotatable bonds is 8. The summed E-state index contributed by atoms with van der Waals surface area (Å²) in [7, 11) is 2.65. The molecule has 15 heteroatoms. The SMILES string of the molecule is CO[C@H]1C[C@@H]2CC[C@@H](C)[C@@](O)(O2)C(=O)C(=O)N2CCCC[C@H]2C(=O)O[C@H]([C@H](C)C[C@@H]2CC[C@@H](O[Si](C)(C)C(C)(C)C)[C@H](OC)C2)C[C@@H](O)[C@H](C)/C=C(\C)[C@@H](O)[C@@H](OC)C(=O)[C@H](C)C[C@H](C)/C=C/C=C/C=C/1C. The van der Waals surface area contributed by atoms with Gasteiger partial charge in [-0.2, -0.15) is 0 Å². The zero-order valence-corrected chi connectivity index (χ0v) is 47.7. The topological polar surface area (TPSA) is 188 Å². The third kappa shape index (κ3) is 16.1. The van der Waals surface area contributed by atoms with Crippen LogP contribution >= 0.6 is 0 Å². The molecule has 0 aromatic heterocycles. The van der Waals surface area contributed by atoms with Gasteiger partial charge in [0.15, 0.2) is 14.1 Å². The molecule has 14 nitrogen and oxygen atoms in total. The largest absolute Gasteiger partial charge is 0.460 e. The second-order valence-electron chi connectivity index (χ2n) is 23.6. The minimum Gasteiger partial charge on any atom is -0.460 e. The number of nitrogens with zero attached hydrogens (tertiary/aromatic N) is 1. The maximum atomic E-state index is 14.6. The quantitative estimate of drug-likeness (QED) is 0.0906. The highest BCUT2D eigenvalue weighted by Crippen LogP contribution is 2.42. The Labute approximate surface area is 433 Å². The summed E-state index contributed by atoms with van der Waals surface area (Å²) in [6.07, 6.45) is 12.4. The first-order chi connectivity index (χ1) is 33.7. The maximum Gasteiger partial charge on any atom is 0.329 e. The Balaban J connectivity index is 1.70. The summed E-state index contributed by atoms with van der Waals surface area (Å²) < 4.78 is 37.1.